The maximum atomic E-state index is 6.39. The van der Waals surface area contributed by atoms with Gasteiger partial charge in [0.05, 0.1) is 6.61 Å². The normalized spacial score (nSPS) is 22.8. The quantitative estimate of drug-likeness (QED) is 0.402. The van der Waals surface area contributed by atoms with Crippen LogP contribution in [0.5, 0.6) is 5.75 Å². The molecular weight excluding hydrogens is 380 g/mol. The summed E-state index contributed by atoms with van der Waals surface area (Å²) >= 11 is 0. The number of benzene rings is 1. The third-order valence-electron chi connectivity index (χ3n) is 6.71. The van der Waals surface area contributed by atoms with E-state index in [9.17, 15) is 0 Å². The molecule has 0 aliphatic heterocycles. The molecule has 178 valence electrons. The zero-order valence-corrected chi connectivity index (χ0v) is 22.2. The maximum Gasteiger partial charge on any atom is 0.204 e. The second-order valence-electron chi connectivity index (χ2n) is 13.5. The molecule has 1 aromatic carbocycles. The lowest BCUT2D eigenvalue weighted by molar-refractivity contribution is -0.151. The zero-order valence-electron chi connectivity index (χ0n) is 22.2. The predicted octanol–water partition coefficient (Wildman–Crippen LogP) is 8.85. The fourth-order valence-corrected chi connectivity index (χ4v) is 4.62. The van der Waals surface area contributed by atoms with Gasteiger partial charge in [-0.05, 0) is 65.5 Å². The summed E-state index contributed by atoms with van der Waals surface area (Å²) in [6.07, 6.45) is 6.18. The summed E-state index contributed by atoms with van der Waals surface area (Å²) in [6.45, 7) is 23.8. The van der Waals surface area contributed by atoms with E-state index in [0.717, 1.165) is 18.3 Å². The zero-order chi connectivity index (χ0) is 23.4. The van der Waals surface area contributed by atoms with Gasteiger partial charge >= 0.3 is 0 Å². The SMILES string of the molecule is CC1CCC(COC(Oc2ccc(C(CC(C)(C)C)C(C)(C)C)cc2)C(C)(C)C)CC1. The molecule has 0 N–H and O–H groups in total. The van der Waals surface area contributed by atoms with Crippen LogP contribution in [0.25, 0.3) is 0 Å². The summed E-state index contributed by atoms with van der Waals surface area (Å²) in [5.74, 6) is 2.98. The van der Waals surface area contributed by atoms with Gasteiger partial charge in [-0.2, -0.15) is 0 Å². The summed E-state index contributed by atoms with van der Waals surface area (Å²) in [4.78, 5) is 0. The molecule has 31 heavy (non-hydrogen) atoms. The van der Waals surface area contributed by atoms with Crippen molar-refractivity contribution >= 4 is 0 Å². The standard InChI is InChI=1S/C29H50O2/c1-21-11-13-22(14-12-21)20-30-26(29(8,9)10)31-24-17-15-23(16-18-24)25(28(5,6)7)19-27(2,3)4/h15-18,21-22,25-26H,11-14,19-20H2,1-10H3. The summed E-state index contributed by atoms with van der Waals surface area (Å²) < 4.78 is 12.8. The molecule has 2 rings (SSSR count). The molecule has 0 amide bonds. The second-order valence-corrected chi connectivity index (χ2v) is 13.5. The first-order valence-corrected chi connectivity index (χ1v) is 12.5. The van der Waals surface area contributed by atoms with Crippen molar-refractivity contribution in [2.75, 3.05) is 6.61 Å². The van der Waals surface area contributed by atoms with Crippen molar-refractivity contribution in [1.82, 2.24) is 0 Å². The third kappa shape index (κ3) is 8.79. The predicted molar refractivity (Wildman–Crippen MR) is 134 cm³/mol. The molecule has 1 aliphatic rings. The number of hydrogen-bond donors (Lipinski definition) is 0. The molecule has 0 saturated heterocycles. The van der Waals surface area contributed by atoms with E-state index in [0.29, 0.717) is 17.3 Å². The Morgan fingerprint density at radius 1 is 0.806 bits per heavy atom. The maximum absolute atomic E-state index is 6.39. The minimum absolute atomic E-state index is 0.0686. The lowest BCUT2D eigenvalue weighted by Gasteiger charge is -2.36. The van der Waals surface area contributed by atoms with E-state index in [4.69, 9.17) is 9.47 Å². The molecule has 1 aromatic rings. The van der Waals surface area contributed by atoms with Crippen molar-refractivity contribution in [1.29, 1.82) is 0 Å². The fourth-order valence-electron chi connectivity index (χ4n) is 4.62. The van der Waals surface area contributed by atoms with E-state index in [1.165, 1.54) is 37.7 Å². The summed E-state index contributed by atoms with van der Waals surface area (Å²) in [7, 11) is 0. The first-order chi connectivity index (χ1) is 14.1. The van der Waals surface area contributed by atoms with Crippen LogP contribution in [0.4, 0.5) is 0 Å². The summed E-state index contributed by atoms with van der Waals surface area (Å²) in [6, 6.07) is 8.81. The van der Waals surface area contributed by atoms with Gasteiger partial charge in [0.25, 0.3) is 0 Å². The molecule has 0 aromatic heterocycles. The largest absolute Gasteiger partial charge is 0.464 e. The topological polar surface area (TPSA) is 18.5 Å². The Balaban J connectivity index is 2.06. The second kappa shape index (κ2) is 10.3. The highest BCUT2D eigenvalue weighted by molar-refractivity contribution is 5.30. The van der Waals surface area contributed by atoms with Gasteiger partial charge in [0.1, 0.15) is 5.75 Å². The molecule has 2 unspecified atom stereocenters. The minimum Gasteiger partial charge on any atom is -0.464 e. The first kappa shape index (κ1) is 26.2. The molecule has 2 atom stereocenters. The van der Waals surface area contributed by atoms with Crippen LogP contribution in [0, 0.1) is 28.1 Å². The van der Waals surface area contributed by atoms with Crippen LogP contribution in [-0.4, -0.2) is 12.9 Å². The number of ether oxygens (including phenoxy) is 2. The van der Waals surface area contributed by atoms with Crippen LogP contribution >= 0.6 is 0 Å². The molecule has 1 fully saturated rings. The molecule has 0 radical (unpaired) electrons. The van der Waals surface area contributed by atoms with Crippen LogP contribution in [-0.2, 0) is 4.74 Å². The third-order valence-corrected chi connectivity index (χ3v) is 6.71. The molecule has 0 heterocycles. The van der Waals surface area contributed by atoms with Crippen LogP contribution in [0.15, 0.2) is 24.3 Å². The van der Waals surface area contributed by atoms with Crippen molar-refractivity contribution in [3.63, 3.8) is 0 Å². The molecule has 2 heteroatoms. The lowest BCUT2D eigenvalue weighted by Crippen LogP contribution is -2.36. The number of rotatable bonds is 7. The highest BCUT2D eigenvalue weighted by Crippen LogP contribution is 2.43. The average Bonchev–Trinajstić information content (AvgIpc) is 2.63. The Morgan fingerprint density at radius 2 is 1.35 bits per heavy atom. The summed E-state index contributed by atoms with van der Waals surface area (Å²) in [5.41, 5.74) is 1.86. The van der Waals surface area contributed by atoms with Crippen LogP contribution in [0.2, 0.25) is 0 Å². The average molecular weight is 431 g/mol. The number of hydrogen-bond acceptors (Lipinski definition) is 2. The van der Waals surface area contributed by atoms with Crippen molar-refractivity contribution in [3.8, 4) is 5.75 Å². The van der Waals surface area contributed by atoms with E-state index >= 15 is 0 Å². The minimum atomic E-state index is -0.231. The highest BCUT2D eigenvalue weighted by Gasteiger charge is 2.32. The Labute approximate surface area is 193 Å². The molecular formula is C29H50O2. The van der Waals surface area contributed by atoms with E-state index in [1.807, 2.05) is 0 Å². The smallest absolute Gasteiger partial charge is 0.204 e. The van der Waals surface area contributed by atoms with Crippen LogP contribution in [0.3, 0.4) is 0 Å². The Bertz CT molecular complexity index is 646. The van der Waals surface area contributed by atoms with E-state index in [1.54, 1.807) is 0 Å². The lowest BCUT2D eigenvalue weighted by atomic mass is 9.69. The van der Waals surface area contributed by atoms with Crippen molar-refractivity contribution in [2.24, 2.45) is 28.1 Å². The van der Waals surface area contributed by atoms with Gasteiger partial charge in [0, 0.05) is 5.41 Å². The molecule has 1 aliphatic carbocycles. The van der Waals surface area contributed by atoms with E-state index in [2.05, 4.69) is 93.5 Å². The van der Waals surface area contributed by atoms with Gasteiger partial charge in [-0.1, -0.05) is 94.2 Å². The van der Waals surface area contributed by atoms with E-state index in [-0.39, 0.29) is 17.1 Å². The highest BCUT2D eigenvalue weighted by atomic mass is 16.7. The fraction of sp³-hybridized carbons (Fsp3) is 0.793. The van der Waals surface area contributed by atoms with Crippen molar-refractivity contribution in [2.45, 2.75) is 114 Å². The van der Waals surface area contributed by atoms with E-state index < -0.39 is 0 Å². The van der Waals surface area contributed by atoms with Gasteiger partial charge in [0.2, 0.25) is 6.29 Å². The van der Waals surface area contributed by atoms with Gasteiger partial charge in [-0.15, -0.1) is 0 Å². The van der Waals surface area contributed by atoms with Gasteiger partial charge in [-0.25, -0.2) is 0 Å². The van der Waals surface area contributed by atoms with Gasteiger partial charge in [-0.3, -0.25) is 0 Å². The van der Waals surface area contributed by atoms with Crippen molar-refractivity contribution < 1.29 is 9.47 Å². The molecule has 0 bridgehead atoms. The van der Waals surface area contributed by atoms with Crippen LogP contribution < -0.4 is 4.74 Å². The Kier molecular flexibility index (Phi) is 8.70. The molecule has 1 saturated carbocycles. The van der Waals surface area contributed by atoms with Gasteiger partial charge < -0.3 is 9.47 Å². The molecule has 0 spiro atoms. The Morgan fingerprint density at radius 3 is 1.81 bits per heavy atom. The van der Waals surface area contributed by atoms with Crippen molar-refractivity contribution in [3.05, 3.63) is 29.8 Å². The Hall–Kier alpha value is -1.02. The van der Waals surface area contributed by atoms with Gasteiger partial charge in [0.15, 0.2) is 0 Å². The molecule has 2 nitrogen and oxygen atoms in total. The monoisotopic (exact) mass is 430 g/mol. The summed E-state index contributed by atoms with van der Waals surface area (Å²) in [5, 5.41) is 0. The van der Waals surface area contributed by atoms with Crippen LogP contribution in [0.1, 0.15) is 113 Å². The first-order valence-electron chi connectivity index (χ1n) is 12.5.